The van der Waals surface area contributed by atoms with Crippen LogP contribution in [0.15, 0.2) is 47.5 Å². The number of aliphatic hydroxyl groups is 1. The Hall–Kier alpha value is -2.53. The van der Waals surface area contributed by atoms with Gasteiger partial charge in [0.2, 0.25) is 0 Å². The highest BCUT2D eigenvalue weighted by molar-refractivity contribution is 5.58. The third kappa shape index (κ3) is 2.14. The van der Waals surface area contributed by atoms with Crippen LogP contribution >= 0.6 is 0 Å². The predicted molar refractivity (Wildman–Crippen MR) is 108 cm³/mol. The molecule has 2 aromatic rings. The van der Waals surface area contributed by atoms with E-state index in [1.54, 1.807) is 0 Å². The van der Waals surface area contributed by atoms with E-state index in [9.17, 15) is 9.90 Å². The minimum Gasteiger partial charge on any atom is -0.490 e. The highest BCUT2D eigenvalue weighted by atomic mass is 16.5. The van der Waals surface area contributed by atoms with Crippen molar-refractivity contribution in [3.05, 3.63) is 75.4 Å². The van der Waals surface area contributed by atoms with Gasteiger partial charge in [0.05, 0.1) is 11.6 Å². The fourth-order valence-electron chi connectivity index (χ4n) is 5.43. The predicted octanol–water partition coefficient (Wildman–Crippen LogP) is 3.78. The van der Waals surface area contributed by atoms with Crippen molar-refractivity contribution in [3.8, 4) is 0 Å². The molecule has 4 heterocycles. The number of pyridine rings is 1. The van der Waals surface area contributed by atoms with Gasteiger partial charge in [0, 0.05) is 29.4 Å². The number of aromatic nitrogens is 1. The summed E-state index contributed by atoms with van der Waals surface area (Å²) in [4.78, 5) is 13.3. The van der Waals surface area contributed by atoms with Crippen molar-refractivity contribution in [1.82, 2.24) is 4.57 Å². The lowest BCUT2D eigenvalue weighted by Crippen LogP contribution is -2.39. The lowest BCUT2D eigenvalue weighted by Gasteiger charge is -2.37. The molecule has 3 aliphatic heterocycles. The van der Waals surface area contributed by atoms with E-state index >= 15 is 0 Å². The van der Waals surface area contributed by atoms with Gasteiger partial charge >= 0.3 is 0 Å². The SMILES string of the molecule is C=C1OCc2c(cc3n(c2=O)CC2C(CC)c4ccccc4NC32)[C@@]1(O)CC. The Balaban J connectivity index is 1.69. The molecule has 1 aromatic heterocycles. The van der Waals surface area contributed by atoms with E-state index in [1.807, 2.05) is 23.6 Å². The molecule has 5 nitrogen and oxygen atoms in total. The second kappa shape index (κ2) is 5.98. The van der Waals surface area contributed by atoms with Gasteiger partial charge < -0.3 is 19.7 Å². The molecule has 0 aliphatic carbocycles. The number of hydrogen-bond donors (Lipinski definition) is 2. The normalized spacial score (nSPS) is 29.8. The Morgan fingerprint density at radius 3 is 2.89 bits per heavy atom. The molecule has 3 aliphatic rings. The molecular formula is C23H26N2O3. The molecule has 0 radical (unpaired) electrons. The van der Waals surface area contributed by atoms with Crippen molar-refractivity contribution < 1.29 is 9.84 Å². The lowest BCUT2D eigenvalue weighted by atomic mass is 9.76. The van der Waals surface area contributed by atoms with Crippen LogP contribution in [0.3, 0.4) is 0 Å². The summed E-state index contributed by atoms with van der Waals surface area (Å²) in [5, 5.41) is 14.9. The number of hydrogen-bond acceptors (Lipinski definition) is 4. The molecule has 28 heavy (non-hydrogen) atoms. The molecule has 0 saturated carbocycles. The van der Waals surface area contributed by atoms with Gasteiger partial charge in [-0.15, -0.1) is 0 Å². The lowest BCUT2D eigenvalue weighted by molar-refractivity contribution is -0.0174. The van der Waals surface area contributed by atoms with Gasteiger partial charge in [0.25, 0.3) is 5.56 Å². The topological polar surface area (TPSA) is 63.5 Å². The van der Waals surface area contributed by atoms with Gasteiger partial charge in [-0.3, -0.25) is 4.79 Å². The van der Waals surface area contributed by atoms with Crippen molar-refractivity contribution in [2.75, 3.05) is 5.32 Å². The average Bonchev–Trinajstić information content (AvgIpc) is 3.08. The molecule has 146 valence electrons. The number of ether oxygens (including phenoxy) is 1. The number of benzene rings is 1. The molecule has 0 bridgehead atoms. The molecule has 0 fully saturated rings. The van der Waals surface area contributed by atoms with E-state index in [1.165, 1.54) is 5.56 Å². The van der Waals surface area contributed by atoms with Crippen molar-refractivity contribution in [2.24, 2.45) is 5.92 Å². The van der Waals surface area contributed by atoms with E-state index < -0.39 is 5.60 Å². The highest BCUT2D eigenvalue weighted by Crippen LogP contribution is 2.50. The number of nitrogens with zero attached hydrogens (tertiary/aromatic N) is 1. The largest absolute Gasteiger partial charge is 0.490 e. The maximum absolute atomic E-state index is 13.3. The number of fused-ring (bicyclic) bond motifs is 5. The van der Waals surface area contributed by atoms with E-state index in [0.29, 0.717) is 41.7 Å². The number of anilines is 1. The third-order valence-corrected chi connectivity index (χ3v) is 7.01. The first kappa shape index (κ1) is 17.6. The second-order valence-electron chi connectivity index (χ2n) is 8.19. The fourth-order valence-corrected chi connectivity index (χ4v) is 5.43. The van der Waals surface area contributed by atoms with Gasteiger partial charge in [-0.25, -0.2) is 0 Å². The Morgan fingerprint density at radius 1 is 1.36 bits per heavy atom. The van der Waals surface area contributed by atoms with Gasteiger partial charge in [-0.2, -0.15) is 0 Å². The van der Waals surface area contributed by atoms with Crippen LogP contribution in [0, 0.1) is 5.92 Å². The van der Waals surface area contributed by atoms with Gasteiger partial charge in [0.1, 0.15) is 18.0 Å². The van der Waals surface area contributed by atoms with Crippen LogP contribution in [-0.2, 0) is 23.5 Å². The van der Waals surface area contributed by atoms with E-state index in [2.05, 4.69) is 37.0 Å². The van der Waals surface area contributed by atoms with E-state index in [0.717, 1.165) is 17.8 Å². The maximum Gasteiger partial charge on any atom is 0.257 e. The Labute approximate surface area is 164 Å². The molecule has 0 saturated heterocycles. The molecule has 0 amide bonds. The summed E-state index contributed by atoms with van der Waals surface area (Å²) in [5.41, 5.74) is 3.31. The van der Waals surface area contributed by atoms with Crippen LogP contribution in [0.2, 0.25) is 0 Å². The summed E-state index contributed by atoms with van der Waals surface area (Å²) in [6.45, 7) is 8.87. The monoisotopic (exact) mass is 378 g/mol. The Morgan fingerprint density at radius 2 is 2.14 bits per heavy atom. The Bertz CT molecular complexity index is 1040. The second-order valence-corrected chi connectivity index (χ2v) is 8.19. The van der Waals surface area contributed by atoms with Crippen LogP contribution < -0.4 is 10.9 Å². The summed E-state index contributed by atoms with van der Waals surface area (Å²) >= 11 is 0. The molecule has 5 heteroatoms. The molecule has 2 N–H and O–H groups in total. The first-order valence-corrected chi connectivity index (χ1v) is 10.2. The summed E-state index contributed by atoms with van der Waals surface area (Å²) in [7, 11) is 0. The highest BCUT2D eigenvalue weighted by Gasteiger charge is 2.46. The Kier molecular flexibility index (Phi) is 3.75. The van der Waals surface area contributed by atoms with Crippen LogP contribution in [0.4, 0.5) is 5.69 Å². The van der Waals surface area contributed by atoms with Crippen LogP contribution in [0.1, 0.15) is 61.0 Å². The summed E-state index contributed by atoms with van der Waals surface area (Å²) in [6, 6.07) is 10.5. The van der Waals surface area contributed by atoms with Crippen LogP contribution in [0.25, 0.3) is 0 Å². The molecule has 1 aromatic carbocycles. The van der Waals surface area contributed by atoms with Gasteiger partial charge in [-0.1, -0.05) is 38.6 Å². The zero-order valence-electron chi connectivity index (χ0n) is 16.4. The zero-order chi connectivity index (χ0) is 19.6. The minimum absolute atomic E-state index is 0.0398. The first-order chi connectivity index (χ1) is 13.5. The first-order valence-electron chi connectivity index (χ1n) is 10.2. The van der Waals surface area contributed by atoms with Crippen molar-refractivity contribution >= 4 is 5.69 Å². The molecule has 5 rings (SSSR count). The molecular weight excluding hydrogens is 352 g/mol. The van der Waals surface area contributed by atoms with Crippen molar-refractivity contribution in [3.63, 3.8) is 0 Å². The third-order valence-electron chi connectivity index (χ3n) is 7.01. The summed E-state index contributed by atoms with van der Waals surface area (Å²) < 4.78 is 7.48. The van der Waals surface area contributed by atoms with Crippen LogP contribution in [0.5, 0.6) is 0 Å². The van der Waals surface area contributed by atoms with Gasteiger partial charge in [0.15, 0.2) is 0 Å². The number of rotatable bonds is 2. The number of para-hydroxylation sites is 1. The number of nitrogens with one attached hydrogen (secondary N) is 1. The van der Waals surface area contributed by atoms with Gasteiger partial charge in [-0.05, 0) is 36.5 Å². The maximum atomic E-state index is 13.3. The molecule has 0 spiro atoms. The van der Waals surface area contributed by atoms with E-state index in [-0.39, 0.29) is 18.2 Å². The van der Waals surface area contributed by atoms with Crippen LogP contribution in [-0.4, -0.2) is 9.67 Å². The molecule has 4 atom stereocenters. The standard InChI is InChI=1S/C23H26N2O3/c1-4-14-15-8-6-7-9-19(15)24-21-16(14)11-25-20(21)10-18-17(22(25)26)12-28-13(3)23(18,27)5-2/h6-10,14,16,21,24,27H,3-5,11-12H2,1-2H3/t14?,16?,21?,23-/m1/s1. The fraction of sp³-hybridized carbons (Fsp3) is 0.435. The smallest absolute Gasteiger partial charge is 0.257 e. The summed E-state index contributed by atoms with van der Waals surface area (Å²) in [6.07, 6.45) is 1.45. The van der Waals surface area contributed by atoms with Crippen molar-refractivity contribution in [1.29, 1.82) is 0 Å². The minimum atomic E-state index is -1.31. The molecule has 3 unspecified atom stereocenters. The quantitative estimate of drug-likeness (QED) is 0.835. The zero-order valence-corrected chi connectivity index (χ0v) is 16.4. The van der Waals surface area contributed by atoms with Crippen molar-refractivity contribution in [2.45, 2.75) is 57.4 Å². The summed E-state index contributed by atoms with van der Waals surface area (Å²) in [5.74, 6) is 1.04. The average molecular weight is 378 g/mol. The van der Waals surface area contributed by atoms with E-state index in [4.69, 9.17) is 4.74 Å².